The number of anilines is 1. The van der Waals surface area contributed by atoms with Crippen molar-refractivity contribution in [3.63, 3.8) is 0 Å². The highest BCUT2D eigenvalue weighted by atomic mass is 35.5. The molecule has 0 saturated carbocycles. The monoisotopic (exact) mass is 294 g/mol. The first kappa shape index (κ1) is 16.1. The van der Waals surface area contributed by atoms with E-state index >= 15 is 0 Å². The summed E-state index contributed by atoms with van der Waals surface area (Å²) in [6.07, 6.45) is -2.61. The zero-order chi connectivity index (χ0) is 14.5. The smallest absolute Gasteiger partial charge is 0.348 e. The van der Waals surface area contributed by atoms with Gasteiger partial charge in [-0.2, -0.15) is 13.2 Å². The summed E-state index contributed by atoms with van der Waals surface area (Å²) in [4.78, 5) is 5.51. The molecule has 0 aromatic carbocycles. The van der Waals surface area contributed by atoms with Crippen molar-refractivity contribution in [3.05, 3.63) is 23.4 Å². The lowest BCUT2D eigenvalue weighted by atomic mass is 10.1. The van der Waals surface area contributed by atoms with Crippen molar-refractivity contribution in [3.8, 4) is 0 Å². The zero-order valence-electron chi connectivity index (χ0n) is 11.1. The molecule has 6 heteroatoms. The zero-order valence-corrected chi connectivity index (χ0v) is 11.9. The third-order valence-electron chi connectivity index (χ3n) is 2.66. The molecule has 1 aromatic rings. The van der Waals surface area contributed by atoms with Crippen LogP contribution in [-0.4, -0.2) is 24.2 Å². The van der Waals surface area contributed by atoms with Gasteiger partial charge in [0.2, 0.25) is 0 Å². The van der Waals surface area contributed by atoms with Crippen LogP contribution in [0.25, 0.3) is 0 Å². The number of halogens is 4. The van der Waals surface area contributed by atoms with Gasteiger partial charge in [-0.05, 0) is 31.0 Å². The standard InChI is InChI=1S/C13H18ClF3N2/c1-3-5-11-6-10(8-14)7-12(18-11)19(4-2)9-13(15,16)17/h6-7H,3-5,8-9H2,1-2H3. The first-order valence-corrected chi connectivity index (χ1v) is 6.80. The quantitative estimate of drug-likeness (QED) is 0.732. The Balaban J connectivity index is 3.04. The van der Waals surface area contributed by atoms with Crippen LogP contribution in [-0.2, 0) is 12.3 Å². The van der Waals surface area contributed by atoms with Gasteiger partial charge in [0.05, 0.1) is 0 Å². The molecule has 0 N–H and O–H groups in total. The Morgan fingerprint density at radius 1 is 1.26 bits per heavy atom. The fourth-order valence-electron chi connectivity index (χ4n) is 1.83. The van der Waals surface area contributed by atoms with Crippen molar-refractivity contribution in [2.45, 2.75) is 38.7 Å². The van der Waals surface area contributed by atoms with Crippen LogP contribution in [0.1, 0.15) is 31.5 Å². The van der Waals surface area contributed by atoms with Crippen LogP contribution in [0.4, 0.5) is 19.0 Å². The van der Waals surface area contributed by atoms with E-state index in [9.17, 15) is 13.2 Å². The number of nitrogens with zero attached hydrogens (tertiary/aromatic N) is 2. The second-order valence-electron chi connectivity index (χ2n) is 4.34. The normalized spacial score (nSPS) is 11.7. The third kappa shape index (κ3) is 5.27. The van der Waals surface area contributed by atoms with E-state index in [1.807, 2.05) is 13.0 Å². The first-order chi connectivity index (χ1) is 8.89. The molecule has 0 amide bonds. The van der Waals surface area contributed by atoms with Gasteiger partial charge in [0, 0.05) is 18.1 Å². The second-order valence-corrected chi connectivity index (χ2v) is 4.61. The predicted octanol–water partition coefficient (Wildman–Crippen LogP) is 4.16. The maximum absolute atomic E-state index is 12.5. The minimum absolute atomic E-state index is 0.254. The van der Waals surface area contributed by atoms with Crippen molar-refractivity contribution in [1.29, 1.82) is 0 Å². The number of hydrogen-bond donors (Lipinski definition) is 0. The molecule has 0 atom stereocenters. The molecule has 0 unspecified atom stereocenters. The maximum atomic E-state index is 12.5. The Morgan fingerprint density at radius 3 is 2.42 bits per heavy atom. The number of pyridine rings is 1. The summed E-state index contributed by atoms with van der Waals surface area (Å²) < 4.78 is 37.5. The molecule has 2 nitrogen and oxygen atoms in total. The summed E-state index contributed by atoms with van der Waals surface area (Å²) >= 11 is 5.78. The van der Waals surface area contributed by atoms with Crippen LogP contribution < -0.4 is 4.90 Å². The molecule has 0 saturated heterocycles. The van der Waals surface area contributed by atoms with Crippen LogP contribution in [0, 0.1) is 0 Å². The van der Waals surface area contributed by atoms with E-state index in [-0.39, 0.29) is 12.4 Å². The van der Waals surface area contributed by atoms with Gasteiger partial charge in [-0.3, -0.25) is 0 Å². The largest absolute Gasteiger partial charge is 0.405 e. The van der Waals surface area contributed by atoms with Gasteiger partial charge < -0.3 is 4.90 Å². The van der Waals surface area contributed by atoms with E-state index < -0.39 is 12.7 Å². The third-order valence-corrected chi connectivity index (χ3v) is 2.97. The number of alkyl halides is 4. The lowest BCUT2D eigenvalue weighted by Gasteiger charge is -2.24. The molecule has 1 aromatic heterocycles. The SMILES string of the molecule is CCCc1cc(CCl)cc(N(CC)CC(F)(F)F)n1. The molecule has 0 aliphatic carbocycles. The summed E-state index contributed by atoms with van der Waals surface area (Å²) in [6, 6.07) is 3.48. The molecule has 0 aliphatic rings. The molecule has 108 valence electrons. The average Bonchev–Trinajstić information content (AvgIpc) is 2.34. The van der Waals surface area contributed by atoms with Crippen LogP contribution >= 0.6 is 11.6 Å². The Kier molecular flexibility index (Phi) is 5.91. The average molecular weight is 295 g/mol. The molecule has 0 bridgehead atoms. The van der Waals surface area contributed by atoms with Crippen LogP contribution in [0.15, 0.2) is 12.1 Å². The Labute approximate surface area is 116 Å². The number of rotatable bonds is 6. The molecular weight excluding hydrogens is 277 g/mol. The van der Waals surface area contributed by atoms with E-state index in [0.29, 0.717) is 5.82 Å². The van der Waals surface area contributed by atoms with Crippen LogP contribution in [0.5, 0.6) is 0 Å². The van der Waals surface area contributed by atoms with E-state index in [1.54, 1.807) is 13.0 Å². The molecule has 19 heavy (non-hydrogen) atoms. The van der Waals surface area contributed by atoms with E-state index in [2.05, 4.69) is 4.98 Å². The lowest BCUT2D eigenvalue weighted by Crippen LogP contribution is -2.34. The van der Waals surface area contributed by atoms with Gasteiger partial charge >= 0.3 is 6.18 Å². The summed E-state index contributed by atoms with van der Waals surface area (Å²) in [7, 11) is 0. The van der Waals surface area contributed by atoms with Crippen molar-refractivity contribution in [2.24, 2.45) is 0 Å². The highest BCUT2D eigenvalue weighted by molar-refractivity contribution is 6.17. The summed E-state index contributed by atoms with van der Waals surface area (Å²) in [5.41, 5.74) is 1.59. The fourth-order valence-corrected chi connectivity index (χ4v) is 1.98. The first-order valence-electron chi connectivity index (χ1n) is 6.27. The summed E-state index contributed by atoms with van der Waals surface area (Å²) in [6.45, 7) is 2.94. The minimum Gasteiger partial charge on any atom is -0.348 e. The second kappa shape index (κ2) is 6.98. The molecule has 0 radical (unpaired) electrons. The fraction of sp³-hybridized carbons (Fsp3) is 0.615. The predicted molar refractivity (Wildman–Crippen MR) is 71.7 cm³/mol. The number of aromatic nitrogens is 1. The number of hydrogen-bond acceptors (Lipinski definition) is 2. The van der Waals surface area contributed by atoms with E-state index in [0.717, 1.165) is 24.1 Å². The minimum atomic E-state index is -4.24. The molecule has 0 fully saturated rings. The Bertz CT molecular complexity index is 407. The van der Waals surface area contributed by atoms with Crippen LogP contribution in [0.3, 0.4) is 0 Å². The highest BCUT2D eigenvalue weighted by Gasteiger charge is 2.30. The topological polar surface area (TPSA) is 16.1 Å². The molecule has 0 aliphatic heterocycles. The van der Waals surface area contributed by atoms with E-state index in [1.165, 1.54) is 4.90 Å². The van der Waals surface area contributed by atoms with Crippen molar-refractivity contribution < 1.29 is 13.2 Å². The van der Waals surface area contributed by atoms with Gasteiger partial charge in [0.25, 0.3) is 0 Å². The molecule has 0 spiro atoms. The number of aryl methyl sites for hydroxylation is 1. The van der Waals surface area contributed by atoms with Gasteiger partial charge in [0.15, 0.2) is 0 Å². The van der Waals surface area contributed by atoms with Gasteiger partial charge in [0.1, 0.15) is 12.4 Å². The molecule has 1 rings (SSSR count). The van der Waals surface area contributed by atoms with Crippen molar-refractivity contribution in [2.75, 3.05) is 18.0 Å². The lowest BCUT2D eigenvalue weighted by molar-refractivity contribution is -0.119. The Morgan fingerprint density at radius 2 is 1.95 bits per heavy atom. The maximum Gasteiger partial charge on any atom is 0.405 e. The van der Waals surface area contributed by atoms with Crippen molar-refractivity contribution >= 4 is 17.4 Å². The van der Waals surface area contributed by atoms with E-state index in [4.69, 9.17) is 11.6 Å². The van der Waals surface area contributed by atoms with Gasteiger partial charge in [-0.1, -0.05) is 13.3 Å². The molecular formula is C13H18ClF3N2. The van der Waals surface area contributed by atoms with Crippen molar-refractivity contribution in [1.82, 2.24) is 4.98 Å². The Hall–Kier alpha value is -0.970. The van der Waals surface area contributed by atoms with Gasteiger partial charge in [-0.15, -0.1) is 11.6 Å². The summed E-state index contributed by atoms with van der Waals surface area (Å²) in [5.74, 6) is 0.622. The summed E-state index contributed by atoms with van der Waals surface area (Å²) in [5, 5.41) is 0. The van der Waals surface area contributed by atoms with Gasteiger partial charge in [-0.25, -0.2) is 4.98 Å². The van der Waals surface area contributed by atoms with Crippen LogP contribution in [0.2, 0.25) is 0 Å². The highest BCUT2D eigenvalue weighted by Crippen LogP contribution is 2.23. The molecule has 1 heterocycles.